The lowest BCUT2D eigenvalue weighted by Gasteiger charge is -2.27. The van der Waals surface area contributed by atoms with Crippen molar-refractivity contribution < 1.29 is 14.2 Å². The monoisotopic (exact) mass is 420 g/mol. The van der Waals surface area contributed by atoms with Gasteiger partial charge < -0.3 is 18.8 Å². The summed E-state index contributed by atoms with van der Waals surface area (Å²) >= 11 is 0. The summed E-state index contributed by atoms with van der Waals surface area (Å²) in [5, 5.41) is 0. The lowest BCUT2D eigenvalue weighted by Crippen LogP contribution is -2.28. The van der Waals surface area contributed by atoms with Gasteiger partial charge in [-0.3, -0.25) is 9.78 Å². The third kappa shape index (κ3) is 4.27. The number of rotatable bonds is 7. The second-order valence-electron chi connectivity index (χ2n) is 7.94. The van der Waals surface area contributed by atoms with Gasteiger partial charge in [0.15, 0.2) is 11.3 Å². The van der Waals surface area contributed by atoms with Gasteiger partial charge in [0.1, 0.15) is 12.7 Å². The number of methoxy groups -OCH3 is 2. The van der Waals surface area contributed by atoms with E-state index in [1.807, 2.05) is 19.2 Å². The molecule has 6 nitrogen and oxygen atoms in total. The van der Waals surface area contributed by atoms with Gasteiger partial charge in [0.25, 0.3) is 0 Å². The van der Waals surface area contributed by atoms with Crippen LogP contribution >= 0.6 is 0 Å². The molecule has 2 aromatic heterocycles. The Morgan fingerprint density at radius 1 is 1.10 bits per heavy atom. The van der Waals surface area contributed by atoms with E-state index in [9.17, 15) is 4.79 Å². The molecule has 162 valence electrons. The Morgan fingerprint density at radius 3 is 2.68 bits per heavy atom. The van der Waals surface area contributed by atoms with Gasteiger partial charge in [-0.1, -0.05) is 12.1 Å². The van der Waals surface area contributed by atoms with Gasteiger partial charge in [-0.2, -0.15) is 0 Å². The van der Waals surface area contributed by atoms with Crippen LogP contribution in [0.3, 0.4) is 0 Å². The van der Waals surface area contributed by atoms with Crippen LogP contribution in [0.2, 0.25) is 0 Å². The first-order valence-corrected chi connectivity index (χ1v) is 10.5. The maximum absolute atomic E-state index is 12.7. The zero-order chi connectivity index (χ0) is 22.0. The first-order valence-electron chi connectivity index (χ1n) is 10.5. The Labute approximate surface area is 182 Å². The third-order valence-corrected chi connectivity index (χ3v) is 5.79. The van der Waals surface area contributed by atoms with E-state index < -0.39 is 0 Å². The molecular formula is C25H28N2O4. The van der Waals surface area contributed by atoms with Crippen molar-refractivity contribution in [3.63, 3.8) is 0 Å². The number of fused-ring (bicyclic) bond motifs is 3. The first-order chi connectivity index (χ1) is 15.0. The number of nitrogens with zero attached hydrogens (tertiary/aromatic N) is 2. The normalized spacial score (nSPS) is 13.4. The number of aromatic nitrogens is 2. The number of aryl methyl sites for hydroxylation is 2. The Hall–Kier alpha value is -2.96. The summed E-state index contributed by atoms with van der Waals surface area (Å²) < 4.78 is 18.7. The summed E-state index contributed by atoms with van der Waals surface area (Å²) in [4.78, 5) is 17.2. The van der Waals surface area contributed by atoms with Crippen LogP contribution in [0, 0.1) is 13.8 Å². The van der Waals surface area contributed by atoms with E-state index >= 15 is 0 Å². The SMILES string of the molecule is COC[C@@H](COc1cc(=O)c(C)c2n1CCc1cc(-c3cc(C)ccn3)ccc1-2)OC. The van der Waals surface area contributed by atoms with Gasteiger partial charge in [-0.25, -0.2) is 0 Å². The zero-order valence-electron chi connectivity index (χ0n) is 18.5. The van der Waals surface area contributed by atoms with E-state index in [0.717, 1.165) is 41.0 Å². The molecule has 1 aliphatic rings. The second kappa shape index (κ2) is 9.04. The number of hydrogen-bond acceptors (Lipinski definition) is 5. The molecule has 0 bridgehead atoms. The van der Waals surface area contributed by atoms with E-state index in [2.05, 4.69) is 40.7 Å². The molecule has 0 spiro atoms. The fourth-order valence-corrected chi connectivity index (χ4v) is 4.08. The first kappa shape index (κ1) is 21.3. The van der Waals surface area contributed by atoms with E-state index in [1.54, 1.807) is 20.3 Å². The average Bonchev–Trinajstić information content (AvgIpc) is 2.78. The number of benzene rings is 1. The van der Waals surface area contributed by atoms with Gasteiger partial charge in [0.2, 0.25) is 0 Å². The molecule has 4 rings (SSSR count). The van der Waals surface area contributed by atoms with Crippen molar-refractivity contribution in [3.05, 3.63) is 69.5 Å². The molecule has 6 heteroatoms. The lowest BCUT2D eigenvalue weighted by molar-refractivity contribution is -0.000948. The average molecular weight is 421 g/mol. The molecule has 0 unspecified atom stereocenters. The highest BCUT2D eigenvalue weighted by Crippen LogP contribution is 2.36. The molecule has 1 aliphatic heterocycles. The fraction of sp³-hybridized carbons (Fsp3) is 0.360. The van der Waals surface area contributed by atoms with Crippen LogP contribution in [0.15, 0.2) is 47.4 Å². The van der Waals surface area contributed by atoms with Gasteiger partial charge in [-0.15, -0.1) is 0 Å². The molecule has 0 aliphatic carbocycles. The molecule has 0 amide bonds. The summed E-state index contributed by atoms with van der Waals surface area (Å²) in [6.45, 7) is 5.43. The quantitative estimate of drug-likeness (QED) is 0.582. The Bertz CT molecular complexity index is 1150. The van der Waals surface area contributed by atoms with E-state index in [4.69, 9.17) is 14.2 Å². The highest BCUT2D eigenvalue weighted by atomic mass is 16.6. The molecule has 0 saturated carbocycles. The van der Waals surface area contributed by atoms with Crippen LogP contribution < -0.4 is 10.2 Å². The number of hydrogen-bond donors (Lipinski definition) is 0. The number of pyridine rings is 2. The minimum atomic E-state index is -0.196. The Morgan fingerprint density at radius 2 is 1.94 bits per heavy atom. The van der Waals surface area contributed by atoms with Crippen LogP contribution in [0.5, 0.6) is 5.88 Å². The van der Waals surface area contributed by atoms with Gasteiger partial charge in [0.05, 0.1) is 18.0 Å². The third-order valence-electron chi connectivity index (χ3n) is 5.79. The molecule has 3 heterocycles. The van der Waals surface area contributed by atoms with Crippen LogP contribution in [-0.4, -0.2) is 43.1 Å². The molecule has 0 fully saturated rings. The van der Waals surface area contributed by atoms with E-state index in [1.165, 1.54) is 11.1 Å². The van der Waals surface area contributed by atoms with Gasteiger partial charge >= 0.3 is 0 Å². The maximum atomic E-state index is 12.7. The molecule has 31 heavy (non-hydrogen) atoms. The summed E-state index contributed by atoms with van der Waals surface area (Å²) in [7, 11) is 3.25. The van der Waals surface area contributed by atoms with Crippen LogP contribution in [0.25, 0.3) is 22.5 Å². The molecule has 1 atom stereocenters. The van der Waals surface area contributed by atoms with E-state index in [-0.39, 0.29) is 11.5 Å². The standard InChI is InChI=1S/C25H28N2O4/c1-16-7-9-26-22(11-16)19-5-6-21-18(12-19)8-10-27-24(13-23(28)17(2)25(21)27)31-15-20(30-4)14-29-3/h5-7,9,11-13,20H,8,10,14-15H2,1-4H3/t20-/m0/s1. The zero-order valence-corrected chi connectivity index (χ0v) is 18.5. The van der Waals surface area contributed by atoms with Crippen molar-refractivity contribution in [1.82, 2.24) is 9.55 Å². The predicted molar refractivity (Wildman–Crippen MR) is 121 cm³/mol. The van der Waals surface area contributed by atoms with Crippen molar-refractivity contribution in [2.45, 2.75) is 32.9 Å². The highest BCUT2D eigenvalue weighted by molar-refractivity contribution is 5.74. The minimum Gasteiger partial charge on any atom is -0.476 e. The molecule has 0 radical (unpaired) electrons. The lowest BCUT2D eigenvalue weighted by atomic mass is 9.92. The van der Waals surface area contributed by atoms with Gasteiger partial charge in [-0.05, 0) is 49.6 Å². The van der Waals surface area contributed by atoms with Crippen molar-refractivity contribution in [2.75, 3.05) is 27.4 Å². The molecule has 0 N–H and O–H groups in total. The summed E-state index contributed by atoms with van der Waals surface area (Å²) in [5.74, 6) is 0.568. The number of ether oxygens (including phenoxy) is 3. The summed E-state index contributed by atoms with van der Waals surface area (Å²) in [5.41, 5.74) is 7.15. The van der Waals surface area contributed by atoms with E-state index in [0.29, 0.717) is 19.1 Å². The largest absolute Gasteiger partial charge is 0.476 e. The molecular weight excluding hydrogens is 392 g/mol. The van der Waals surface area contributed by atoms with Crippen LogP contribution in [-0.2, 0) is 22.4 Å². The van der Waals surface area contributed by atoms with Gasteiger partial charge in [0, 0.05) is 49.7 Å². The molecule has 3 aromatic rings. The minimum absolute atomic E-state index is 0.0285. The Balaban J connectivity index is 1.72. The van der Waals surface area contributed by atoms with Crippen molar-refractivity contribution in [2.24, 2.45) is 0 Å². The molecule has 0 saturated heterocycles. The van der Waals surface area contributed by atoms with Crippen molar-refractivity contribution in [1.29, 1.82) is 0 Å². The summed E-state index contributed by atoms with van der Waals surface area (Å²) in [6, 6.07) is 12.0. The smallest absolute Gasteiger partial charge is 0.197 e. The topological polar surface area (TPSA) is 62.6 Å². The Kier molecular flexibility index (Phi) is 6.20. The summed E-state index contributed by atoms with van der Waals surface area (Å²) in [6.07, 6.45) is 2.49. The van der Waals surface area contributed by atoms with Crippen molar-refractivity contribution >= 4 is 0 Å². The highest BCUT2D eigenvalue weighted by Gasteiger charge is 2.23. The van der Waals surface area contributed by atoms with Crippen molar-refractivity contribution in [3.8, 4) is 28.4 Å². The fourth-order valence-electron chi connectivity index (χ4n) is 4.08. The maximum Gasteiger partial charge on any atom is 0.197 e. The van der Waals surface area contributed by atoms with Crippen LogP contribution in [0.1, 0.15) is 16.7 Å². The molecule has 1 aromatic carbocycles. The second-order valence-corrected chi connectivity index (χ2v) is 7.94. The predicted octanol–water partition coefficient (Wildman–Crippen LogP) is 3.79. The van der Waals surface area contributed by atoms with Crippen LogP contribution in [0.4, 0.5) is 0 Å².